The Morgan fingerprint density at radius 2 is 1.67 bits per heavy atom. The summed E-state index contributed by atoms with van der Waals surface area (Å²) in [5, 5.41) is 3.23. The molecule has 0 radical (unpaired) electrons. The Morgan fingerprint density at radius 3 is 2.50 bits per heavy atom. The number of hydrogen-bond acceptors (Lipinski definition) is 0. The van der Waals surface area contributed by atoms with E-state index in [9.17, 15) is 0 Å². The highest BCUT2D eigenvalue weighted by molar-refractivity contribution is 9.10. The van der Waals surface area contributed by atoms with E-state index in [-0.39, 0.29) is 0 Å². The average molecular weight is 318 g/mol. The fourth-order valence-electron chi connectivity index (χ4n) is 2.15. The summed E-state index contributed by atoms with van der Waals surface area (Å²) in [4.78, 5) is 0. The number of hydrogen-bond donors (Lipinski definition) is 0. The largest absolute Gasteiger partial charge is 0.0843 e. The first-order chi connectivity index (χ1) is 8.74. The van der Waals surface area contributed by atoms with Gasteiger partial charge in [-0.2, -0.15) is 0 Å². The van der Waals surface area contributed by atoms with Gasteiger partial charge in [-0.15, -0.1) is 0 Å². The van der Waals surface area contributed by atoms with Crippen molar-refractivity contribution in [3.8, 4) is 11.1 Å². The molecule has 0 bridgehead atoms. The number of benzene rings is 3. The van der Waals surface area contributed by atoms with Crippen molar-refractivity contribution in [1.82, 2.24) is 0 Å². The Labute approximate surface area is 119 Å². The molecule has 0 aliphatic rings. The third-order valence-electron chi connectivity index (χ3n) is 2.98. The zero-order chi connectivity index (χ0) is 12.5. The fourth-order valence-corrected chi connectivity index (χ4v) is 2.70. The van der Waals surface area contributed by atoms with Crippen LogP contribution in [0.3, 0.4) is 0 Å². The predicted octanol–water partition coefficient (Wildman–Crippen LogP) is 5.92. The van der Waals surface area contributed by atoms with Gasteiger partial charge < -0.3 is 0 Å². The van der Waals surface area contributed by atoms with E-state index in [0.29, 0.717) is 0 Å². The lowest BCUT2D eigenvalue weighted by atomic mass is 9.98. The van der Waals surface area contributed by atoms with E-state index in [0.717, 1.165) is 15.1 Å². The van der Waals surface area contributed by atoms with E-state index < -0.39 is 0 Å². The van der Waals surface area contributed by atoms with Crippen LogP contribution >= 0.6 is 27.5 Å². The first kappa shape index (κ1) is 11.8. The molecule has 18 heavy (non-hydrogen) atoms. The molecule has 0 N–H and O–H groups in total. The zero-order valence-electron chi connectivity index (χ0n) is 9.53. The third-order valence-corrected chi connectivity index (χ3v) is 3.71. The molecule has 0 saturated heterocycles. The van der Waals surface area contributed by atoms with E-state index >= 15 is 0 Å². The molecule has 0 unspecified atom stereocenters. The van der Waals surface area contributed by atoms with E-state index in [2.05, 4.69) is 58.4 Å². The van der Waals surface area contributed by atoms with Crippen LogP contribution in [0.25, 0.3) is 21.9 Å². The lowest BCUT2D eigenvalue weighted by Crippen LogP contribution is -1.81. The van der Waals surface area contributed by atoms with Gasteiger partial charge >= 0.3 is 0 Å². The molecular formula is C16H10BrCl. The molecule has 2 heteroatoms. The van der Waals surface area contributed by atoms with E-state index in [1.165, 1.54) is 16.3 Å². The van der Waals surface area contributed by atoms with Crippen LogP contribution in [0.1, 0.15) is 0 Å². The van der Waals surface area contributed by atoms with Gasteiger partial charge in [0.15, 0.2) is 0 Å². The summed E-state index contributed by atoms with van der Waals surface area (Å²) in [7, 11) is 0. The average Bonchev–Trinajstić information content (AvgIpc) is 2.38. The molecule has 0 fully saturated rings. The van der Waals surface area contributed by atoms with Gasteiger partial charge in [0, 0.05) is 9.50 Å². The molecule has 0 aromatic heterocycles. The van der Waals surface area contributed by atoms with Crippen LogP contribution in [0.5, 0.6) is 0 Å². The minimum atomic E-state index is 0.763. The maximum absolute atomic E-state index is 6.07. The molecule has 3 rings (SSSR count). The molecule has 0 amide bonds. The first-order valence-electron chi connectivity index (χ1n) is 5.68. The molecular weight excluding hydrogens is 308 g/mol. The number of rotatable bonds is 1. The van der Waals surface area contributed by atoms with E-state index in [1.807, 2.05) is 18.2 Å². The molecule has 3 aromatic rings. The van der Waals surface area contributed by atoms with Crippen LogP contribution < -0.4 is 0 Å². The summed E-state index contributed by atoms with van der Waals surface area (Å²) in [6.07, 6.45) is 0. The maximum Gasteiger partial charge on any atom is 0.0412 e. The normalized spacial score (nSPS) is 10.8. The Hall–Kier alpha value is -1.31. The van der Waals surface area contributed by atoms with Crippen molar-refractivity contribution in [1.29, 1.82) is 0 Å². The molecule has 0 heterocycles. The van der Waals surface area contributed by atoms with Gasteiger partial charge in [0.25, 0.3) is 0 Å². The summed E-state index contributed by atoms with van der Waals surface area (Å²) in [6, 6.07) is 20.6. The van der Waals surface area contributed by atoms with E-state index in [1.54, 1.807) is 0 Å². The van der Waals surface area contributed by atoms with Crippen LogP contribution in [-0.2, 0) is 0 Å². The van der Waals surface area contributed by atoms with Crippen LogP contribution in [0.2, 0.25) is 5.02 Å². The Kier molecular flexibility index (Phi) is 3.11. The first-order valence-corrected chi connectivity index (χ1v) is 6.85. The second kappa shape index (κ2) is 4.75. The summed E-state index contributed by atoms with van der Waals surface area (Å²) < 4.78 is 1.09. The highest BCUT2D eigenvalue weighted by atomic mass is 79.9. The maximum atomic E-state index is 6.07. The smallest absolute Gasteiger partial charge is 0.0412 e. The van der Waals surface area contributed by atoms with Gasteiger partial charge in [-0.1, -0.05) is 63.9 Å². The highest BCUT2D eigenvalue weighted by Crippen LogP contribution is 2.31. The van der Waals surface area contributed by atoms with Gasteiger partial charge in [-0.25, -0.2) is 0 Å². The van der Waals surface area contributed by atoms with Crippen molar-refractivity contribution in [2.24, 2.45) is 0 Å². The van der Waals surface area contributed by atoms with Gasteiger partial charge in [0.1, 0.15) is 0 Å². The Bertz CT molecular complexity index is 719. The van der Waals surface area contributed by atoms with Crippen LogP contribution in [0.4, 0.5) is 0 Å². The van der Waals surface area contributed by atoms with Gasteiger partial charge in [-0.3, -0.25) is 0 Å². The van der Waals surface area contributed by atoms with Crippen LogP contribution in [0.15, 0.2) is 65.1 Å². The quantitative estimate of drug-likeness (QED) is 0.522. The molecule has 0 saturated carbocycles. The second-order valence-electron chi connectivity index (χ2n) is 4.18. The van der Waals surface area contributed by atoms with Crippen molar-refractivity contribution in [3.63, 3.8) is 0 Å². The molecule has 0 aliphatic carbocycles. The van der Waals surface area contributed by atoms with Gasteiger partial charge in [0.2, 0.25) is 0 Å². The lowest BCUT2D eigenvalue weighted by molar-refractivity contribution is 1.64. The molecule has 3 aromatic carbocycles. The molecule has 88 valence electrons. The molecule has 0 aliphatic heterocycles. The summed E-state index contributed by atoms with van der Waals surface area (Å²) >= 11 is 9.60. The van der Waals surface area contributed by atoms with Crippen molar-refractivity contribution in [3.05, 3.63) is 70.2 Å². The lowest BCUT2D eigenvalue weighted by Gasteiger charge is -2.07. The van der Waals surface area contributed by atoms with Crippen molar-refractivity contribution in [2.75, 3.05) is 0 Å². The van der Waals surface area contributed by atoms with Crippen molar-refractivity contribution < 1.29 is 0 Å². The monoisotopic (exact) mass is 316 g/mol. The zero-order valence-corrected chi connectivity index (χ0v) is 11.9. The SMILES string of the molecule is Clc1cccc(-c2cccc3ccc(Br)cc23)c1. The van der Waals surface area contributed by atoms with Crippen LogP contribution in [0, 0.1) is 0 Å². The Balaban J connectivity index is 2.32. The summed E-state index contributed by atoms with van der Waals surface area (Å²) in [5.74, 6) is 0. The fraction of sp³-hybridized carbons (Fsp3) is 0. The molecule has 0 spiro atoms. The topological polar surface area (TPSA) is 0 Å². The highest BCUT2D eigenvalue weighted by Gasteiger charge is 2.04. The van der Waals surface area contributed by atoms with Crippen LogP contribution in [-0.4, -0.2) is 0 Å². The molecule has 0 nitrogen and oxygen atoms in total. The molecule has 0 atom stereocenters. The van der Waals surface area contributed by atoms with Crippen molar-refractivity contribution >= 4 is 38.3 Å². The summed E-state index contributed by atoms with van der Waals surface area (Å²) in [5.41, 5.74) is 2.35. The van der Waals surface area contributed by atoms with Gasteiger partial charge in [0.05, 0.1) is 0 Å². The predicted molar refractivity (Wildman–Crippen MR) is 82.1 cm³/mol. The van der Waals surface area contributed by atoms with Gasteiger partial charge in [-0.05, 0) is 46.2 Å². The van der Waals surface area contributed by atoms with E-state index in [4.69, 9.17) is 11.6 Å². The number of fused-ring (bicyclic) bond motifs is 1. The third kappa shape index (κ3) is 2.16. The number of halogens is 2. The Morgan fingerprint density at radius 1 is 0.833 bits per heavy atom. The van der Waals surface area contributed by atoms with Crippen molar-refractivity contribution in [2.45, 2.75) is 0 Å². The standard InChI is InChI=1S/C16H10BrCl/c17-13-8-7-11-3-2-6-15(16(11)10-13)12-4-1-5-14(18)9-12/h1-10H. The minimum Gasteiger partial charge on any atom is -0.0843 e. The second-order valence-corrected chi connectivity index (χ2v) is 5.53. The summed E-state index contributed by atoms with van der Waals surface area (Å²) in [6.45, 7) is 0. The minimum absolute atomic E-state index is 0.763.